The van der Waals surface area contributed by atoms with E-state index in [1.807, 2.05) is 38.1 Å². The summed E-state index contributed by atoms with van der Waals surface area (Å²) in [5, 5.41) is 8.86. The van der Waals surface area contributed by atoms with Gasteiger partial charge in [-0.15, -0.1) is 0 Å². The third kappa shape index (κ3) is 4.68. The Bertz CT molecular complexity index is 457. The molecule has 20 heavy (non-hydrogen) atoms. The van der Waals surface area contributed by atoms with Crippen LogP contribution in [0, 0.1) is 0 Å². The van der Waals surface area contributed by atoms with E-state index in [-0.39, 0.29) is 18.9 Å². The standard InChI is InChI=1S/C16H23NO3/c1-3-5-10-15(18)17(12-11-16(19)20)14-9-7-6-8-13(14)4-2/h6-9H,3-5,10-12H2,1-2H3,(H,19,20). The summed E-state index contributed by atoms with van der Waals surface area (Å²) in [7, 11) is 0. The summed E-state index contributed by atoms with van der Waals surface area (Å²) < 4.78 is 0. The Morgan fingerprint density at radius 2 is 1.85 bits per heavy atom. The molecule has 0 heterocycles. The lowest BCUT2D eigenvalue weighted by Gasteiger charge is -2.24. The number of hydrogen-bond acceptors (Lipinski definition) is 2. The molecule has 1 N–H and O–H groups in total. The number of carboxylic acids is 1. The summed E-state index contributed by atoms with van der Waals surface area (Å²) in [6, 6.07) is 7.70. The molecule has 1 amide bonds. The molecule has 4 heteroatoms. The molecule has 0 aliphatic rings. The molecule has 0 atom stereocenters. The zero-order valence-corrected chi connectivity index (χ0v) is 12.3. The van der Waals surface area contributed by atoms with Crippen LogP contribution in [0.2, 0.25) is 0 Å². The summed E-state index contributed by atoms with van der Waals surface area (Å²) >= 11 is 0. The molecule has 0 radical (unpaired) electrons. The van der Waals surface area contributed by atoms with Gasteiger partial charge in [0.25, 0.3) is 0 Å². The predicted molar refractivity (Wildman–Crippen MR) is 80.0 cm³/mol. The number of rotatable bonds is 8. The quantitative estimate of drug-likeness (QED) is 0.793. The molecule has 1 aromatic carbocycles. The number of para-hydroxylation sites is 1. The Kier molecular flexibility index (Phi) is 6.77. The van der Waals surface area contributed by atoms with E-state index in [0.717, 1.165) is 30.5 Å². The van der Waals surface area contributed by atoms with Crippen LogP contribution in [0.15, 0.2) is 24.3 Å². The van der Waals surface area contributed by atoms with Crippen LogP contribution in [0.3, 0.4) is 0 Å². The van der Waals surface area contributed by atoms with E-state index < -0.39 is 5.97 Å². The maximum Gasteiger partial charge on any atom is 0.305 e. The number of unbranched alkanes of at least 4 members (excludes halogenated alkanes) is 1. The van der Waals surface area contributed by atoms with Crippen LogP contribution < -0.4 is 4.90 Å². The van der Waals surface area contributed by atoms with E-state index in [2.05, 4.69) is 0 Å². The van der Waals surface area contributed by atoms with E-state index in [4.69, 9.17) is 5.11 Å². The summed E-state index contributed by atoms with van der Waals surface area (Å²) in [5.74, 6) is -0.874. The molecule has 0 saturated heterocycles. The number of anilines is 1. The Morgan fingerprint density at radius 3 is 2.45 bits per heavy atom. The van der Waals surface area contributed by atoms with Crippen molar-refractivity contribution in [3.05, 3.63) is 29.8 Å². The lowest BCUT2D eigenvalue weighted by molar-refractivity contribution is -0.136. The average Bonchev–Trinajstić information content (AvgIpc) is 2.45. The topological polar surface area (TPSA) is 57.6 Å². The first-order chi connectivity index (χ1) is 9.60. The highest BCUT2D eigenvalue weighted by Gasteiger charge is 2.18. The second-order valence-corrected chi connectivity index (χ2v) is 4.77. The highest BCUT2D eigenvalue weighted by molar-refractivity contribution is 5.94. The number of amides is 1. The highest BCUT2D eigenvalue weighted by Crippen LogP contribution is 2.22. The fourth-order valence-corrected chi connectivity index (χ4v) is 2.12. The Labute approximate surface area is 120 Å². The second-order valence-electron chi connectivity index (χ2n) is 4.77. The van der Waals surface area contributed by atoms with Crippen molar-refractivity contribution in [3.8, 4) is 0 Å². The van der Waals surface area contributed by atoms with Gasteiger partial charge in [-0.2, -0.15) is 0 Å². The fourth-order valence-electron chi connectivity index (χ4n) is 2.12. The normalized spacial score (nSPS) is 10.3. The van der Waals surface area contributed by atoms with E-state index in [9.17, 15) is 9.59 Å². The van der Waals surface area contributed by atoms with Gasteiger partial charge in [-0.05, 0) is 24.5 Å². The second kappa shape index (κ2) is 8.35. The number of carboxylic acid groups (broad SMARTS) is 1. The number of aryl methyl sites for hydroxylation is 1. The Hall–Kier alpha value is -1.84. The number of carbonyl (C=O) groups is 2. The Balaban J connectivity index is 2.96. The highest BCUT2D eigenvalue weighted by atomic mass is 16.4. The zero-order valence-electron chi connectivity index (χ0n) is 12.3. The summed E-state index contributed by atoms with van der Waals surface area (Å²) in [6.07, 6.45) is 3.04. The number of hydrogen-bond donors (Lipinski definition) is 1. The van der Waals surface area contributed by atoms with Crippen LogP contribution in [0.25, 0.3) is 0 Å². The molecule has 0 aromatic heterocycles. The van der Waals surface area contributed by atoms with Crippen molar-refractivity contribution in [3.63, 3.8) is 0 Å². The third-order valence-corrected chi connectivity index (χ3v) is 3.26. The van der Waals surface area contributed by atoms with Crippen LogP contribution in [-0.4, -0.2) is 23.5 Å². The van der Waals surface area contributed by atoms with Crippen LogP contribution in [0.5, 0.6) is 0 Å². The molecule has 0 fully saturated rings. The fraction of sp³-hybridized carbons (Fsp3) is 0.500. The molecule has 0 aliphatic carbocycles. The molecule has 110 valence electrons. The number of benzene rings is 1. The van der Waals surface area contributed by atoms with Gasteiger partial charge < -0.3 is 10.0 Å². The first kappa shape index (κ1) is 16.2. The van der Waals surface area contributed by atoms with Crippen molar-refractivity contribution in [2.75, 3.05) is 11.4 Å². The molecule has 1 rings (SSSR count). The van der Waals surface area contributed by atoms with Gasteiger partial charge in [0.2, 0.25) is 5.91 Å². The van der Waals surface area contributed by atoms with Gasteiger partial charge in [0.05, 0.1) is 6.42 Å². The zero-order chi connectivity index (χ0) is 15.0. The van der Waals surface area contributed by atoms with Gasteiger partial charge in [-0.3, -0.25) is 9.59 Å². The monoisotopic (exact) mass is 277 g/mol. The van der Waals surface area contributed by atoms with Gasteiger partial charge in [-0.25, -0.2) is 0 Å². The molecule has 0 unspecified atom stereocenters. The molecule has 0 aliphatic heterocycles. The van der Waals surface area contributed by atoms with Crippen molar-refractivity contribution >= 4 is 17.6 Å². The van der Waals surface area contributed by atoms with E-state index in [1.165, 1.54) is 0 Å². The number of nitrogens with zero attached hydrogens (tertiary/aromatic N) is 1. The van der Waals surface area contributed by atoms with E-state index in [0.29, 0.717) is 6.42 Å². The molecule has 0 bridgehead atoms. The molecule has 0 spiro atoms. The molecule has 1 aromatic rings. The van der Waals surface area contributed by atoms with Crippen molar-refractivity contribution in [1.82, 2.24) is 0 Å². The first-order valence-electron chi connectivity index (χ1n) is 7.20. The summed E-state index contributed by atoms with van der Waals surface area (Å²) in [5.41, 5.74) is 1.92. The van der Waals surface area contributed by atoms with Crippen LogP contribution >= 0.6 is 0 Å². The smallest absolute Gasteiger partial charge is 0.305 e. The Morgan fingerprint density at radius 1 is 1.15 bits per heavy atom. The third-order valence-electron chi connectivity index (χ3n) is 3.26. The van der Waals surface area contributed by atoms with E-state index in [1.54, 1.807) is 4.90 Å². The maximum absolute atomic E-state index is 12.3. The summed E-state index contributed by atoms with van der Waals surface area (Å²) in [6.45, 7) is 4.30. The minimum absolute atomic E-state index is 0.00833. The largest absolute Gasteiger partial charge is 0.481 e. The summed E-state index contributed by atoms with van der Waals surface area (Å²) in [4.78, 5) is 24.7. The molecular weight excluding hydrogens is 254 g/mol. The maximum atomic E-state index is 12.3. The minimum atomic E-state index is -0.882. The predicted octanol–water partition coefficient (Wildman–Crippen LogP) is 3.25. The van der Waals surface area contributed by atoms with Crippen LogP contribution in [0.1, 0.15) is 45.1 Å². The van der Waals surface area contributed by atoms with Gasteiger partial charge in [0.15, 0.2) is 0 Å². The van der Waals surface area contributed by atoms with Crippen molar-refractivity contribution in [2.24, 2.45) is 0 Å². The lowest BCUT2D eigenvalue weighted by Crippen LogP contribution is -2.33. The molecule has 0 saturated carbocycles. The molecular formula is C16H23NO3. The molecule has 4 nitrogen and oxygen atoms in total. The van der Waals surface area contributed by atoms with Crippen molar-refractivity contribution in [1.29, 1.82) is 0 Å². The van der Waals surface area contributed by atoms with Gasteiger partial charge in [0.1, 0.15) is 0 Å². The number of carbonyl (C=O) groups excluding carboxylic acids is 1. The minimum Gasteiger partial charge on any atom is -0.481 e. The average molecular weight is 277 g/mol. The van der Waals surface area contributed by atoms with Crippen LogP contribution in [0.4, 0.5) is 5.69 Å². The lowest BCUT2D eigenvalue weighted by atomic mass is 10.1. The van der Waals surface area contributed by atoms with Crippen LogP contribution in [-0.2, 0) is 16.0 Å². The SMILES string of the molecule is CCCCC(=O)N(CCC(=O)O)c1ccccc1CC. The van der Waals surface area contributed by atoms with Gasteiger partial charge in [-0.1, -0.05) is 38.5 Å². The van der Waals surface area contributed by atoms with Gasteiger partial charge >= 0.3 is 5.97 Å². The van der Waals surface area contributed by atoms with Gasteiger partial charge in [0, 0.05) is 18.7 Å². The number of aliphatic carboxylic acids is 1. The van der Waals surface area contributed by atoms with Crippen molar-refractivity contribution < 1.29 is 14.7 Å². The van der Waals surface area contributed by atoms with E-state index >= 15 is 0 Å². The first-order valence-corrected chi connectivity index (χ1v) is 7.20. The van der Waals surface area contributed by atoms with Crippen molar-refractivity contribution in [2.45, 2.75) is 46.0 Å².